The van der Waals surface area contributed by atoms with Gasteiger partial charge in [0.15, 0.2) is 7.85 Å². The first kappa shape index (κ1) is 7.09. The minimum absolute atomic E-state index is 0.291. The molecule has 2 rings (SSSR count). The van der Waals surface area contributed by atoms with Crippen molar-refractivity contribution in [2.75, 3.05) is 0 Å². The van der Waals surface area contributed by atoms with Crippen molar-refractivity contribution in [1.29, 1.82) is 0 Å². The highest BCUT2D eigenvalue weighted by atomic mass is 15.3. The van der Waals surface area contributed by atoms with Crippen LogP contribution in [0.15, 0.2) is 36.7 Å². The second-order valence-corrected chi connectivity index (χ2v) is 2.38. The Balaban J connectivity index is 2.45. The van der Waals surface area contributed by atoms with E-state index in [9.17, 15) is 0 Å². The molecule has 2 aromatic rings. The molecule has 2 radical (unpaired) electrons. The molecule has 0 spiro atoms. The summed E-state index contributed by atoms with van der Waals surface area (Å²) in [5, 5.41) is 3.96. The first-order chi connectivity index (χ1) is 5.86. The molecule has 1 aromatic heterocycles. The lowest BCUT2D eigenvalue weighted by Gasteiger charge is -1.97. The van der Waals surface area contributed by atoms with Gasteiger partial charge in [0, 0.05) is 0 Å². The Labute approximate surface area is 71.5 Å². The maximum atomic E-state index is 5.37. The molecule has 0 saturated heterocycles. The Hall–Kier alpha value is -1.58. The Morgan fingerprint density at radius 1 is 1.17 bits per heavy atom. The maximum Gasteiger partial charge on any atom is 0.173 e. The molecule has 0 saturated carbocycles. The Morgan fingerprint density at radius 2 is 1.92 bits per heavy atom. The van der Waals surface area contributed by atoms with Gasteiger partial charge in [-0.15, -0.1) is 0 Å². The van der Waals surface area contributed by atoms with Crippen LogP contribution in [0.25, 0.3) is 5.69 Å². The van der Waals surface area contributed by atoms with E-state index in [4.69, 9.17) is 7.85 Å². The van der Waals surface area contributed by atoms with Gasteiger partial charge in [0.05, 0.1) is 11.4 Å². The number of aromatic nitrogens is 3. The molecule has 3 nitrogen and oxygen atoms in total. The summed E-state index contributed by atoms with van der Waals surface area (Å²) in [6, 6.07) is 9.70. The Kier molecular flexibility index (Phi) is 1.66. The van der Waals surface area contributed by atoms with Crippen molar-refractivity contribution in [3.8, 4) is 5.69 Å². The fourth-order valence-corrected chi connectivity index (χ4v) is 0.981. The summed E-state index contributed by atoms with van der Waals surface area (Å²) in [7, 11) is 5.37. The summed E-state index contributed by atoms with van der Waals surface area (Å²) in [4.78, 5) is 3.82. The highest BCUT2D eigenvalue weighted by molar-refractivity contribution is 6.28. The Morgan fingerprint density at radius 3 is 2.50 bits per heavy atom. The molecule has 0 amide bonds. The first-order valence-corrected chi connectivity index (χ1v) is 3.59. The monoisotopic (exact) mass is 155 g/mol. The van der Waals surface area contributed by atoms with Crippen molar-refractivity contribution in [1.82, 2.24) is 14.8 Å². The molecule has 0 N–H and O–H groups in total. The van der Waals surface area contributed by atoms with Crippen LogP contribution in [0, 0.1) is 0 Å². The standard InChI is InChI=1S/C8H6BN3/c9-8-10-6-12(11-8)7-4-2-1-3-5-7/h1-6H. The van der Waals surface area contributed by atoms with Gasteiger partial charge in [-0.25, -0.2) is 9.67 Å². The second-order valence-electron chi connectivity index (χ2n) is 2.38. The van der Waals surface area contributed by atoms with E-state index >= 15 is 0 Å². The molecule has 56 valence electrons. The molecule has 0 unspecified atom stereocenters. The SMILES string of the molecule is [B]c1ncn(-c2ccccc2)n1. The number of nitrogens with zero attached hydrogens (tertiary/aromatic N) is 3. The summed E-state index contributed by atoms with van der Waals surface area (Å²) < 4.78 is 1.63. The molecule has 0 aliphatic rings. The van der Waals surface area contributed by atoms with Crippen LogP contribution in [0.1, 0.15) is 0 Å². The van der Waals surface area contributed by atoms with Crippen LogP contribution in [0.5, 0.6) is 0 Å². The van der Waals surface area contributed by atoms with Gasteiger partial charge in [-0.1, -0.05) is 18.2 Å². The molecule has 12 heavy (non-hydrogen) atoms. The van der Waals surface area contributed by atoms with Crippen molar-refractivity contribution in [2.45, 2.75) is 0 Å². The van der Waals surface area contributed by atoms with Gasteiger partial charge in [0.1, 0.15) is 6.33 Å². The average Bonchev–Trinajstić information content (AvgIpc) is 2.54. The number of rotatable bonds is 1. The Bertz CT molecular complexity index is 369. The van der Waals surface area contributed by atoms with Crippen LogP contribution in [0.2, 0.25) is 0 Å². The molecule has 0 fully saturated rings. The fraction of sp³-hybridized carbons (Fsp3) is 0. The fourth-order valence-electron chi connectivity index (χ4n) is 0.981. The van der Waals surface area contributed by atoms with Crippen LogP contribution >= 0.6 is 0 Å². The number of hydrogen-bond donors (Lipinski definition) is 0. The number of hydrogen-bond acceptors (Lipinski definition) is 2. The predicted octanol–water partition coefficient (Wildman–Crippen LogP) is 0.0611. The zero-order valence-corrected chi connectivity index (χ0v) is 6.38. The lowest BCUT2D eigenvalue weighted by atomic mass is 10.1. The molecular weight excluding hydrogens is 149 g/mol. The van der Waals surface area contributed by atoms with E-state index in [2.05, 4.69) is 10.1 Å². The van der Waals surface area contributed by atoms with Crippen LogP contribution in [0.4, 0.5) is 0 Å². The molecule has 0 aliphatic heterocycles. The van der Waals surface area contributed by atoms with Gasteiger partial charge in [0.2, 0.25) is 0 Å². The number of benzene rings is 1. The molecule has 1 aromatic carbocycles. The van der Waals surface area contributed by atoms with E-state index in [1.54, 1.807) is 11.0 Å². The van der Waals surface area contributed by atoms with Crippen molar-refractivity contribution in [2.24, 2.45) is 0 Å². The summed E-state index contributed by atoms with van der Waals surface area (Å²) >= 11 is 0. The third-order valence-corrected chi connectivity index (χ3v) is 1.53. The quantitative estimate of drug-likeness (QED) is 0.545. The zero-order valence-electron chi connectivity index (χ0n) is 6.38. The van der Waals surface area contributed by atoms with Crippen LogP contribution < -0.4 is 5.72 Å². The molecule has 0 atom stereocenters. The molecular formula is C8H6BN3. The van der Waals surface area contributed by atoms with Gasteiger partial charge in [-0.3, -0.25) is 0 Å². The second kappa shape index (κ2) is 2.81. The highest BCUT2D eigenvalue weighted by Crippen LogP contribution is 2.01. The molecule has 4 heteroatoms. The van der Waals surface area contributed by atoms with E-state index < -0.39 is 0 Å². The maximum absolute atomic E-state index is 5.37. The van der Waals surface area contributed by atoms with Gasteiger partial charge in [-0.05, 0) is 12.1 Å². The van der Waals surface area contributed by atoms with Crippen LogP contribution in [-0.2, 0) is 0 Å². The zero-order chi connectivity index (χ0) is 8.39. The third kappa shape index (κ3) is 1.23. The minimum atomic E-state index is 0.291. The topological polar surface area (TPSA) is 30.7 Å². The van der Waals surface area contributed by atoms with E-state index in [0.717, 1.165) is 5.69 Å². The first-order valence-electron chi connectivity index (χ1n) is 3.59. The molecule has 1 heterocycles. The van der Waals surface area contributed by atoms with Gasteiger partial charge < -0.3 is 0 Å². The largest absolute Gasteiger partial charge is 0.232 e. The molecule has 0 aliphatic carbocycles. The van der Waals surface area contributed by atoms with Gasteiger partial charge in [-0.2, -0.15) is 5.10 Å². The van der Waals surface area contributed by atoms with Crippen molar-refractivity contribution in [3.05, 3.63) is 36.7 Å². The molecule has 0 bridgehead atoms. The minimum Gasteiger partial charge on any atom is -0.232 e. The summed E-state index contributed by atoms with van der Waals surface area (Å²) in [5.41, 5.74) is 1.25. The highest BCUT2D eigenvalue weighted by Gasteiger charge is 1.95. The van der Waals surface area contributed by atoms with Crippen molar-refractivity contribution in [3.63, 3.8) is 0 Å². The lowest BCUT2D eigenvalue weighted by molar-refractivity contribution is 0.888. The summed E-state index contributed by atoms with van der Waals surface area (Å²) in [6.45, 7) is 0. The van der Waals surface area contributed by atoms with Crippen LogP contribution in [0.3, 0.4) is 0 Å². The van der Waals surface area contributed by atoms with Gasteiger partial charge in [0.25, 0.3) is 0 Å². The lowest BCUT2D eigenvalue weighted by Crippen LogP contribution is -2.08. The van der Waals surface area contributed by atoms with Gasteiger partial charge >= 0.3 is 0 Å². The predicted molar refractivity (Wildman–Crippen MR) is 46.7 cm³/mol. The third-order valence-electron chi connectivity index (χ3n) is 1.53. The van der Waals surface area contributed by atoms with E-state index in [-0.39, 0.29) is 0 Å². The number of para-hydroxylation sites is 1. The van der Waals surface area contributed by atoms with E-state index in [1.165, 1.54) is 0 Å². The van der Waals surface area contributed by atoms with Crippen molar-refractivity contribution < 1.29 is 0 Å². The smallest absolute Gasteiger partial charge is 0.173 e. The summed E-state index contributed by atoms with van der Waals surface area (Å²) in [5.74, 6) is 0. The average molecular weight is 155 g/mol. The van der Waals surface area contributed by atoms with Crippen molar-refractivity contribution >= 4 is 13.6 Å². The van der Waals surface area contributed by atoms with E-state index in [0.29, 0.717) is 5.72 Å². The summed E-state index contributed by atoms with van der Waals surface area (Å²) in [6.07, 6.45) is 1.59. The van der Waals surface area contributed by atoms with E-state index in [1.807, 2.05) is 30.3 Å². The normalized spacial score (nSPS) is 10.0. The van der Waals surface area contributed by atoms with Crippen LogP contribution in [-0.4, -0.2) is 22.6 Å².